The first-order chi connectivity index (χ1) is 12.9. The molecule has 0 aliphatic heterocycles. The Kier molecular flexibility index (Phi) is 5.20. The number of nitrogens with zero attached hydrogens (tertiary/aromatic N) is 4. The minimum atomic E-state index is -0.687. The van der Waals surface area contributed by atoms with Crippen LogP contribution in [0.3, 0.4) is 0 Å². The molecule has 0 amide bonds. The monoisotopic (exact) mass is 368 g/mol. The molecule has 0 saturated heterocycles. The van der Waals surface area contributed by atoms with Crippen molar-refractivity contribution < 1.29 is 9.31 Å². The zero-order valence-electron chi connectivity index (χ0n) is 14.7. The third-order valence-electron chi connectivity index (χ3n) is 3.52. The fraction of sp³-hybridized carbons (Fsp3) is 0.167. The standard InChI is InChI=1S/C18H17FN6O2/c1-11(2)21-18-23-15(12-4-3-7-20-10-12)9-17(24-18)22-14-6-5-13(19)8-16(14)25(26)27/h3-11H,1-2H3,(H2,21,22,23,24). The number of nitro benzene ring substituents is 1. The lowest BCUT2D eigenvalue weighted by Crippen LogP contribution is -2.13. The highest BCUT2D eigenvalue weighted by Gasteiger charge is 2.16. The molecule has 0 bridgehead atoms. The lowest BCUT2D eigenvalue weighted by atomic mass is 10.2. The minimum absolute atomic E-state index is 0.0853. The number of nitro groups is 1. The van der Waals surface area contributed by atoms with Gasteiger partial charge in [0.15, 0.2) is 0 Å². The summed E-state index contributed by atoms with van der Waals surface area (Å²) in [5, 5.41) is 17.2. The molecule has 8 nitrogen and oxygen atoms in total. The number of anilines is 3. The Morgan fingerprint density at radius 1 is 1.19 bits per heavy atom. The molecule has 3 aromatic rings. The first kappa shape index (κ1) is 18.2. The summed E-state index contributed by atoms with van der Waals surface area (Å²) in [6.07, 6.45) is 3.31. The zero-order chi connectivity index (χ0) is 19.4. The molecule has 9 heteroatoms. The first-order valence-corrected chi connectivity index (χ1v) is 8.19. The number of hydrogen-bond acceptors (Lipinski definition) is 7. The molecular weight excluding hydrogens is 351 g/mol. The maximum Gasteiger partial charge on any atom is 0.295 e. The highest BCUT2D eigenvalue weighted by Crippen LogP contribution is 2.29. The van der Waals surface area contributed by atoms with Crippen LogP contribution in [0.1, 0.15) is 13.8 Å². The molecule has 1 aromatic carbocycles. The van der Waals surface area contributed by atoms with Gasteiger partial charge in [0.25, 0.3) is 5.69 Å². The number of aromatic nitrogens is 3. The molecule has 2 aromatic heterocycles. The quantitative estimate of drug-likeness (QED) is 0.497. The topological polar surface area (TPSA) is 106 Å². The number of rotatable bonds is 6. The molecule has 0 atom stereocenters. The molecule has 0 spiro atoms. The fourth-order valence-electron chi connectivity index (χ4n) is 2.40. The van der Waals surface area contributed by atoms with Gasteiger partial charge in [0.2, 0.25) is 5.95 Å². The number of hydrogen-bond donors (Lipinski definition) is 2. The van der Waals surface area contributed by atoms with Crippen LogP contribution in [0.4, 0.5) is 27.5 Å². The van der Waals surface area contributed by atoms with Crippen LogP contribution in [0.25, 0.3) is 11.3 Å². The highest BCUT2D eigenvalue weighted by molar-refractivity contribution is 5.71. The van der Waals surface area contributed by atoms with Gasteiger partial charge in [0.1, 0.15) is 17.3 Å². The molecule has 0 fully saturated rings. The molecule has 138 valence electrons. The van der Waals surface area contributed by atoms with Gasteiger partial charge in [-0.2, -0.15) is 4.98 Å². The van der Waals surface area contributed by atoms with Crippen molar-refractivity contribution in [3.8, 4) is 11.3 Å². The van der Waals surface area contributed by atoms with E-state index < -0.39 is 10.7 Å². The van der Waals surface area contributed by atoms with Crippen molar-refractivity contribution in [1.29, 1.82) is 0 Å². The van der Waals surface area contributed by atoms with Crippen LogP contribution in [0, 0.1) is 15.9 Å². The Labute approximate surface area is 154 Å². The fourth-order valence-corrected chi connectivity index (χ4v) is 2.40. The van der Waals surface area contributed by atoms with Gasteiger partial charge in [0.05, 0.1) is 16.7 Å². The summed E-state index contributed by atoms with van der Waals surface area (Å²) in [7, 11) is 0. The molecule has 3 rings (SSSR count). The van der Waals surface area contributed by atoms with E-state index >= 15 is 0 Å². The van der Waals surface area contributed by atoms with E-state index in [9.17, 15) is 14.5 Å². The van der Waals surface area contributed by atoms with Crippen molar-refractivity contribution in [3.05, 3.63) is 64.7 Å². The van der Waals surface area contributed by atoms with Crippen molar-refractivity contribution in [2.24, 2.45) is 0 Å². The van der Waals surface area contributed by atoms with Gasteiger partial charge in [-0.15, -0.1) is 0 Å². The van der Waals surface area contributed by atoms with Crippen molar-refractivity contribution in [2.75, 3.05) is 10.6 Å². The van der Waals surface area contributed by atoms with Gasteiger partial charge >= 0.3 is 0 Å². The summed E-state index contributed by atoms with van der Waals surface area (Å²) in [6.45, 7) is 3.88. The molecule has 0 aliphatic carbocycles. The molecule has 2 N–H and O–H groups in total. The SMILES string of the molecule is CC(C)Nc1nc(Nc2ccc(F)cc2[N+](=O)[O-])cc(-c2cccnc2)n1. The number of halogens is 1. The molecule has 27 heavy (non-hydrogen) atoms. The van der Waals surface area contributed by atoms with E-state index in [0.29, 0.717) is 17.5 Å². The summed E-state index contributed by atoms with van der Waals surface area (Å²) in [5.41, 5.74) is 1.11. The highest BCUT2D eigenvalue weighted by atomic mass is 19.1. The maximum atomic E-state index is 13.4. The van der Waals surface area contributed by atoms with Crippen molar-refractivity contribution in [1.82, 2.24) is 15.0 Å². The summed E-state index contributed by atoms with van der Waals surface area (Å²) in [6, 6.07) is 8.67. The number of pyridine rings is 1. The second-order valence-corrected chi connectivity index (χ2v) is 6.05. The molecule has 0 radical (unpaired) electrons. The van der Waals surface area contributed by atoms with Gasteiger partial charge in [-0.05, 0) is 38.1 Å². The predicted octanol–water partition coefficient (Wildman–Crippen LogP) is 4.15. The molecular formula is C18H17FN6O2. The average molecular weight is 368 g/mol. The van der Waals surface area contributed by atoms with Crippen LogP contribution in [-0.2, 0) is 0 Å². The third kappa shape index (κ3) is 4.51. The largest absolute Gasteiger partial charge is 0.352 e. The van der Waals surface area contributed by atoms with Crippen LogP contribution in [-0.4, -0.2) is 25.9 Å². The smallest absolute Gasteiger partial charge is 0.295 e. The maximum absolute atomic E-state index is 13.4. The average Bonchev–Trinajstić information content (AvgIpc) is 2.63. The number of nitrogens with one attached hydrogen (secondary N) is 2. The molecule has 0 aliphatic rings. The second-order valence-electron chi connectivity index (χ2n) is 6.05. The van der Waals surface area contributed by atoms with E-state index in [-0.39, 0.29) is 17.4 Å². The van der Waals surface area contributed by atoms with Gasteiger partial charge < -0.3 is 10.6 Å². The van der Waals surface area contributed by atoms with Crippen LogP contribution < -0.4 is 10.6 Å². The Hall–Kier alpha value is -3.62. The molecule has 0 unspecified atom stereocenters. The molecule has 0 saturated carbocycles. The number of benzene rings is 1. The van der Waals surface area contributed by atoms with Crippen molar-refractivity contribution >= 4 is 23.1 Å². The lowest BCUT2D eigenvalue weighted by Gasteiger charge is -2.13. The van der Waals surface area contributed by atoms with Gasteiger partial charge in [-0.1, -0.05) is 0 Å². The molecule has 2 heterocycles. The van der Waals surface area contributed by atoms with E-state index in [1.807, 2.05) is 19.9 Å². The Morgan fingerprint density at radius 2 is 2.00 bits per heavy atom. The summed E-state index contributed by atoms with van der Waals surface area (Å²) >= 11 is 0. The Bertz CT molecular complexity index is 965. The summed E-state index contributed by atoms with van der Waals surface area (Å²) in [5.74, 6) is 0.00785. The zero-order valence-corrected chi connectivity index (χ0v) is 14.7. The summed E-state index contributed by atoms with van der Waals surface area (Å²) < 4.78 is 13.4. The van der Waals surface area contributed by atoms with Crippen LogP contribution in [0.2, 0.25) is 0 Å². The van der Waals surface area contributed by atoms with E-state index in [2.05, 4.69) is 25.6 Å². The van der Waals surface area contributed by atoms with Gasteiger partial charge in [-0.25, -0.2) is 9.37 Å². The second kappa shape index (κ2) is 7.73. The van der Waals surface area contributed by atoms with E-state index in [1.54, 1.807) is 24.5 Å². The summed E-state index contributed by atoms with van der Waals surface area (Å²) in [4.78, 5) is 23.4. The van der Waals surface area contributed by atoms with E-state index in [4.69, 9.17) is 0 Å². The van der Waals surface area contributed by atoms with Gasteiger partial charge in [-0.3, -0.25) is 15.1 Å². The third-order valence-corrected chi connectivity index (χ3v) is 3.52. The normalized spacial score (nSPS) is 10.7. The van der Waals surface area contributed by atoms with E-state index in [1.165, 1.54) is 6.07 Å². The van der Waals surface area contributed by atoms with Crippen LogP contribution in [0.5, 0.6) is 0 Å². The first-order valence-electron chi connectivity index (χ1n) is 8.19. The van der Waals surface area contributed by atoms with Crippen molar-refractivity contribution in [3.63, 3.8) is 0 Å². The van der Waals surface area contributed by atoms with Gasteiger partial charge in [0, 0.05) is 30.1 Å². The Balaban J connectivity index is 2.03. The van der Waals surface area contributed by atoms with E-state index in [0.717, 1.165) is 17.7 Å². The van der Waals surface area contributed by atoms with Crippen LogP contribution >= 0.6 is 0 Å². The van der Waals surface area contributed by atoms with Crippen molar-refractivity contribution in [2.45, 2.75) is 19.9 Å². The Morgan fingerprint density at radius 3 is 2.67 bits per heavy atom. The predicted molar refractivity (Wildman–Crippen MR) is 100 cm³/mol. The lowest BCUT2D eigenvalue weighted by molar-refractivity contribution is -0.384. The van der Waals surface area contributed by atoms with Crippen LogP contribution in [0.15, 0.2) is 48.8 Å². The minimum Gasteiger partial charge on any atom is -0.352 e.